The van der Waals surface area contributed by atoms with Crippen molar-refractivity contribution >= 4 is 11.9 Å². The van der Waals surface area contributed by atoms with Crippen LogP contribution in [0, 0.1) is 11.8 Å². The molecule has 0 radical (unpaired) electrons. The van der Waals surface area contributed by atoms with Gasteiger partial charge in [0, 0.05) is 26.1 Å². The Morgan fingerprint density at radius 1 is 0.654 bits per heavy atom. The molecule has 0 aliphatic heterocycles. The Morgan fingerprint density at radius 3 is 1.38 bits per heavy atom. The van der Waals surface area contributed by atoms with E-state index >= 15 is 0 Å². The van der Waals surface area contributed by atoms with E-state index in [0.717, 1.165) is 64.2 Å². The molecule has 0 atom stereocenters. The van der Waals surface area contributed by atoms with Gasteiger partial charge in [-0.3, -0.25) is 9.59 Å². The minimum Gasteiger partial charge on any atom is -0.465 e. The normalized spacial score (nSPS) is 19.9. The number of carbonyl (C=O) groups is 2. The number of aliphatic hydroxyl groups is 2. The summed E-state index contributed by atoms with van der Waals surface area (Å²) in [5.41, 5.74) is 0. The molecule has 0 saturated heterocycles. The summed E-state index contributed by atoms with van der Waals surface area (Å²) < 4.78 is 10.7. The van der Waals surface area contributed by atoms with E-state index in [1.807, 2.05) is 0 Å². The van der Waals surface area contributed by atoms with Crippen LogP contribution in [0.15, 0.2) is 0 Å². The van der Waals surface area contributed by atoms with Crippen molar-refractivity contribution in [2.45, 2.75) is 77.0 Å². The first-order valence-electron chi connectivity index (χ1n) is 10.2. The minimum absolute atomic E-state index is 0.139. The molecular weight excluding hydrogens is 336 g/mol. The lowest BCUT2D eigenvalue weighted by atomic mass is 9.83. The van der Waals surface area contributed by atoms with Crippen LogP contribution in [0.5, 0.6) is 0 Å². The second-order valence-electron chi connectivity index (χ2n) is 7.32. The summed E-state index contributed by atoms with van der Waals surface area (Å²) >= 11 is 0. The molecule has 2 N–H and O–H groups in total. The molecule has 6 heteroatoms. The Hall–Kier alpha value is -1.14. The molecule has 0 aromatic rings. The van der Waals surface area contributed by atoms with Gasteiger partial charge in [0.1, 0.15) is 0 Å². The zero-order valence-corrected chi connectivity index (χ0v) is 16.0. The Bertz CT molecular complexity index is 340. The summed E-state index contributed by atoms with van der Waals surface area (Å²) in [5, 5.41) is 17.4. The maximum absolute atomic E-state index is 11.7. The van der Waals surface area contributed by atoms with Crippen LogP contribution in [0.4, 0.5) is 0 Å². The molecule has 1 saturated carbocycles. The van der Waals surface area contributed by atoms with E-state index in [-0.39, 0.29) is 25.2 Å². The van der Waals surface area contributed by atoms with Gasteiger partial charge in [-0.05, 0) is 63.2 Å². The molecule has 152 valence electrons. The summed E-state index contributed by atoms with van der Waals surface area (Å²) in [6.45, 7) is 1.35. The number of unbranched alkanes of at least 4 members (excludes halogenated alkanes) is 4. The van der Waals surface area contributed by atoms with Crippen LogP contribution >= 0.6 is 0 Å². The summed E-state index contributed by atoms with van der Waals surface area (Å²) in [6.07, 6.45) is 9.66. The third-order valence-corrected chi connectivity index (χ3v) is 5.00. The molecule has 1 aliphatic carbocycles. The molecule has 1 aliphatic rings. The van der Waals surface area contributed by atoms with Crippen molar-refractivity contribution < 1.29 is 29.3 Å². The van der Waals surface area contributed by atoms with Crippen molar-refractivity contribution in [3.63, 3.8) is 0 Å². The van der Waals surface area contributed by atoms with Crippen molar-refractivity contribution in [3.05, 3.63) is 0 Å². The van der Waals surface area contributed by atoms with Crippen molar-refractivity contribution in [3.8, 4) is 0 Å². The Kier molecular flexibility index (Phi) is 13.2. The second kappa shape index (κ2) is 15.0. The zero-order valence-electron chi connectivity index (χ0n) is 16.0. The topological polar surface area (TPSA) is 93.1 Å². The third-order valence-electron chi connectivity index (χ3n) is 5.00. The lowest BCUT2D eigenvalue weighted by Crippen LogP contribution is -2.23. The summed E-state index contributed by atoms with van der Waals surface area (Å²) in [4.78, 5) is 23.3. The minimum atomic E-state index is -0.139. The van der Waals surface area contributed by atoms with Crippen LogP contribution < -0.4 is 0 Å². The van der Waals surface area contributed by atoms with Crippen molar-refractivity contribution in [1.82, 2.24) is 0 Å². The van der Waals surface area contributed by atoms with Gasteiger partial charge in [0.2, 0.25) is 0 Å². The number of hydrogen-bond acceptors (Lipinski definition) is 6. The van der Waals surface area contributed by atoms with Crippen molar-refractivity contribution in [1.29, 1.82) is 0 Å². The molecule has 6 nitrogen and oxygen atoms in total. The third kappa shape index (κ3) is 11.5. The van der Waals surface area contributed by atoms with Crippen LogP contribution in [-0.2, 0) is 19.1 Å². The molecule has 1 rings (SSSR count). The van der Waals surface area contributed by atoms with Gasteiger partial charge in [-0.25, -0.2) is 0 Å². The molecule has 1 fully saturated rings. The van der Waals surface area contributed by atoms with E-state index in [0.29, 0.717) is 37.9 Å². The molecule has 0 aromatic heterocycles. The first kappa shape index (κ1) is 22.9. The summed E-state index contributed by atoms with van der Waals surface area (Å²) in [5.74, 6) is 0.559. The quantitative estimate of drug-likeness (QED) is 0.360. The molecule has 26 heavy (non-hydrogen) atoms. The van der Waals surface area contributed by atoms with Gasteiger partial charge in [0.25, 0.3) is 0 Å². The van der Waals surface area contributed by atoms with Gasteiger partial charge >= 0.3 is 11.9 Å². The average molecular weight is 373 g/mol. The van der Waals surface area contributed by atoms with Gasteiger partial charge in [-0.1, -0.05) is 12.8 Å². The van der Waals surface area contributed by atoms with Crippen molar-refractivity contribution in [2.75, 3.05) is 26.4 Å². The maximum Gasteiger partial charge on any atom is 0.305 e. The van der Waals surface area contributed by atoms with Crippen LogP contribution in [0.2, 0.25) is 0 Å². The van der Waals surface area contributed by atoms with Gasteiger partial charge < -0.3 is 19.7 Å². The highest BCUT2D eigenvalue weighted by molar-refractivity contribution is 5.69. The fraction of sp³-hybridized carbons (Fsp3) is 0.900. The summed E-state index contributed by atoms with van der Waals surface area (Å²) in [7, 11) is 0. The van der Waals surface area contributed by atoms with E-state index in [1.165, 1.54) is 0 Å². The Labute approximate surface area is 157 Å². The van der Waals surface area contributed by atoms with Gasteiger partial charge in [0.15, 0.2) is 0 Å². The van der Waals surface area contributed by atoms with Crippen LogP contribution in [0.3, 0.4) is 0 Å². The van der Waals surface area contributed by atoms with E-state index in [1.54, 1.807) is 0 Å². The second-order valence-corrected chi connectivity index (χ2v) is 7.32. The van der Waals surface area contributed by atoms with E-state index in [9.17, 15) is 9.59 Å². The fourth-order valence-corrected chi connectivity index (χ4v) is 3.25. The first-order valence-corrected chi connectivity index (χ1v) is 10.2. The standard InChI is InChI=1S/C20H36O6/c21-13-5-1-3-7-19(23)25-15-17-9-11-18(12-10-17)16-26-20(24)8-4-2-6-14-22/h17-18,21-22H,1-16H2. The molecular formula is C20H36O6. The number of aliphatic hydroxyl groups excluding tert-OH is 2. The monoisotopic (exact) mass is 372 g/mol. The van der Waals surface area contributed by atoms with E-state index in [4.69, 9.17) is 19.7 Å². The number of esters is 2. The number of carbonyl (C=O) groups excluding carboxylic acids is 2. The van der Waals surface area contributed by atoms with Crippen LogP contribution in [0.1, 0.15) is 77.0 Å². The maximum atomic E-state index is 11.7. The van der Waals surface area contributed by atoms with E-state index in [2.05, 4.69) is 0 Å². The highest BCUT2D eigenvalue weighted by Crippen LogP contribution is 2.29. The van der Waals surface area contributed by atoms with Crippen LogP contribution in [0.25, 0.3) is 0 Å². The van der Waals surface area contributed by atoms with Gasteiger partial charge in [-0.15, -0.1) is 0 Å². The van der Waals surface area contributed by atoms with Gasteiger partial charge in [-0.2, -0.15) is 0 Å². The molecule has 0 aromatic carbocycles. The largest absolute Gasteiger partial charge is 0.465 e. The fourth-order valence-electron chi connectivity index (χ4n) is 3.25. The molecule has 0 amide bonds. The molecule has 0 unspecified atom stereocenters. The zero-order chi connectivity index (χ0) is 19.0. The number of ether oxygens (including phenoxy) is 2. The smallest absolute Gasteiger partial charge is 0.305 e. The SMILES string of the molecule is O=C(CCCCCO)OCC1CCC(COC(=O)CCCCCO)CC1. The predicted octanol–water partition coefficient (Wildman–Crippen LogP) is 2.98. The first-order chi connectivity index (χ1) is 12.7. The average Bonchev–Trinajstić information content (AvgIpc) is 2.66. The number of hydrogen-bond donors (Lipinski definition) is 2. The molecule has 0 heterocycles. The highest BCUT2D eigenvalue weighted by Gasteiger charge is 2.23. The van der Waals surface area contributed by atoms with E-state index < -0.39 is 0 Å². The Morgan fingerprint density at radius 2 is 1.04 bits per heavy atom. The number of rotatable bonds is 14. The molecule has 0 spiro atoms. The summed E-state index contributed by atoms with van der Waals surface area (Å²) in [6, 6.07) is 0. The lowest BCUT2D eigenvalue weighted by molar-refractivity contribution is -0.147. The van der Waals surface area contributed by atoms with Crippen LogP contribution in [-0.4, -0.2) is 48.6 Å². The lowest BCUT2D eigenvalue weighted by Gasteiger charge is -2.27. The highest BCUT2D eigenvalue weighted by atomic mass is 16.5. The molecule has 0 bridgehead atoms. The predicted molar refractivity (Wildman–Crippen MR) is 98.5 cm³/mol. The Balaban J connectivity index is 2.02. The van der Waals surface area contributed by atoms with Gasteiger partial charge in [0.05, 0.1) is 13.2 Å². The van der Waals surface area contributed by atoms with Crippen molar-refractivity contribution in [2.24, 2.45) is 11.8 Å².